The molecule has 8 heteroatoms. The summed E-state index contributed by atoms with van der Waals surface area (Å²) in [5.41, 5.74) is 1.65. The second kappa shape index (κ2) is 5.06. The van der Waals surface area contributed by atoms with Gasteiger partial charge < -0.3 is 4.57 Å². The SMILES string of the molecule is Cc1[nH]ncc1S(=O)(=O)Nc1ccccc1-n1ccnc1. The Morgan fingerprint density at radius 3 is 2.76 bits per heavy atom. The molecule has 0 aliphatic heterocycles. The van der Waals surface area contributed by atoms with Gasteiger partial charge in [-0.3, -0.25) is 9.82 Å². The van der Waals surface area contributed by atoms with E-state index in [1.807, 2.05) is 12.1 Å². The van der Waals surface area contributed by atoms with Crippen molar-refractivity contribution in [2.24, 2.45) is 0 Å². The Balaban J connectivity index is 2.02. The van der Waals surface area contributed by atoms with Gasteiger partial charge in [-0.1, -0.05) is 12.1 Å². The number of nitrogens with zero attached hydrogens (tertiary/aromatic N) is 3. The van der Waals surface area contributed by atoms with Crippen LogP contribution in [0.2, 0.25) is 0 Å². The largest absolute Gasteiger partial charge is 0.304 e. The standard InChI is InChI=1S/C13H13N5O2S/c1-10-13(8-15-16-10)21(19,20)17-11-4-2-3-5-12(11)18-7-6-14-9-18/h2-9,17H,1H3,(H,15,16). The predicted octanol–water partition coefficient (Wildman–Crippen LogP) is 1.70. The minimum Gasteiger partial charge on any atom is -0.304 e. The molecule has 2 heterocycles. The molecule has 0 saturated heterocycles. The second-order valence-electron chi connectivity index (χ2n) is 4.45. The molecule has 0 spiro atoms. The summed E-state index contributed by atoms with van der Waals surface area (Å²) in [6.45, 7) is 1.66. The van der Waals surface area contributed by atoms with Gasteiger partial charge in [0.1, 0.15) is 4.90 Å². The molecule has 0 radical (unpaired) electrons. The van der Waals surface area contributed by atoms with E-state index in [-0.39, 0.29) is 4.90 Å². The van der Waals surface area contributed by atoms with Crippen molar-refractivity contribution >= 4 is 15.7 Å². The molecule has 7 nitrogen and oxygen atoms in total. The lowest BCUT2D eigenvalue weighted by molar-refractivity contribution is 0.600. The molecule has 3 aromatic rings. The molecule has 0 fully saturated rings. The van der Waals surface area contributed by atoms with Crippen LogP contribution >= 0.6 is 0 Å². The molecule has 0 unspecified atom stereocenters. The van der Waals surface area contributed by atoms with Crippen molar-refractivity contribution in [3.63, 3.8) is 0 Å². The van der Waals surface area contributed by atoms with Crippen molar-refractivity contribution in [2.75, 3.05) is 4.72 Å². The van der Waals surface area contributed by atoms with Gasteiger partial charge in [-0.15, -0.1) is 0 Å². The Morgan fingerprint density at radius 1 is 1.29 bits per heavy atom. The van der Waals surface area contributed by atoms with E-state index in [0.717, 1.165) is 0 Å². The van der Waals surface area contributed by atoms with Gasteiger partial charge in [-0.25, -0.2) is 13.4 Å². The van der Waals surface area contributed by atoms with Crippen molar-refractivity contribution in [2.45, 2.75) is 11.8 Å². The molecule has 3 rings (SSSR count). The highest BCUT2D eigenvalue weighted by Crippen LogP contribution is 2.23. The van der Waals surface area contributed by atoms with Crippen LogP contribution in [0.25, 0.3) is 5.69 Å². The number of benzene rings is 1. The van der Waals surface area contributed by atoms with Crippen molar-refractivity contribution < 1.29 is 8.42 Å². The molecule has 0 bridgehead atoms. The highest BCUT2D eigenvalue weighted by molar-refractivity contribution is 7.92. The fourth-order valence-corrected chi connectivity index (χ4v) is 3.21. The Morgan fingerprint density at radius 2 is 2.10 bits per heavy atom. The number of aromatic nitrogens is 4. The first-order valence-electron chi connectivity index (χ1n) is 6.18. The van der Waals surface area contributed by atoms with Crippen LogP contribution in [-0.4, -0.2) is 28.2 Å². The third kappa shape index (κ3) is 2.52. The van der Waals surface area contributed by atoms with E-state index in [1.165, 1.54) is 6.20 Å². The zero-order valence-electron chi connectivity index (χ0n) is 11.2. The van der Waals surface area contributed by atoms with Crippen molar-refractivity contribution in [3.05, 3.63) is 54.9 Å². The molecule has 2 aromatic heterocycles. The maximum absolute atomic E-state index is 12.4. The summed E-state index contributed by atoms with van der Waals surface area (Å²) < 4.78 is 29.1. The van der Waals surface area contributed by atoms with Gasteiger partial charge in [-0.05, 0) is 19.1 Å². The topological polar surface area (TPSA) is 92.7 Å². The number of nitrogens with one attached hydrogen (secondary N) is 2. The zero-order chi connectivity index (χ0) is 14.9. The Hall–Kier alpha value is -2.61. The van der Waals surface area contributed by atoms with E-state index >= 15 is 0 Å². The highest BCUT2D eigenvalue weighted by Gasteiger charge is 2.20. The number of sulfonamides is 1. The lowest BCUT2D eigenvalue weighted by Gasteiger charge is -2.12. The van der Waals surface area contributed by atoms with Crippen molar-refractivity contribution in [1.82, 2.24) is 19.7 Å². The van der Waals surface area contributed by atoms with Crippen LogP contribution in [0.5, 0.6) is 0 Å². The molecule has 2 N–H and O–H groups in total. The van der Waals surface area contributed by atoms with E-state index in [1.54, 1.807) is 42.3 Å². The summed E-state index contributed by atoms with van der Waals surface area (Å²) >= 11 is 0. The van der Waals surface area contributed by atoms with Crippen LogP contribution in [0.3, 0.4) is 0 Å². The van der Waals surface area contributed by atoms with Crippen LogP contribution in [0.1, 0.15) is 5.69 Å². The second-order valence-corrected chi connectivity index (χ2v) is 6.10. The van der Waals surface area contributed by atoms with Crippen LogP contribution in [0, 0.1) is 6.92 Å². The monoisotopic (exact) mass is 303 g/mol. The average molecular weight is 303 g/mol. The van der Waals surface area contributed by atoms with Gasteiger partial charge in [0, 0.05) is 12.4 Å². The van der Waals surface area contributed by atoms with Gasteiger partial charge in [0.25, 0.3) is 10.0 Å². The number of para-hydroxylation sites is 2. The minimum absolute atomic E-state index is 0.128. The first kappa shape index (κ1) is 13.4. The zero-order valence-corrected chi connectivity index (χ0v) is 12.0. The summed E-state index contributed by atoms with van der Waals surface area (Å²) in [7, 11) is -3.69. The number of rotatable bonds is 4. The van der Waals surface area contributed by atoms with Crippen molar-refractivity contribution in [3.8, 4) is 5.69 Å². The van der Waals surface area contributed by atoms with Crippen LogP contribution in [0.4, 0.5) is 5.69 Å². The van der Waals surface area contributed by atoms with E-state index in [2.05, 4.69) is 19.9 Å². The van der Waals surface area contributed by atoms with Gasteiger partial charge in [-0.2, -0.15) is 5.10 Å². The summed E-state index contributed by atoms with van der Waals surface area (Å²) in [6.07, 6.45) is 6.27. The van der Waals surface area contributed by atoms with E-state index in [0.29, 0.717) is 17.1 Å². The first-order chi connectivity index (χ1) is 10.1. The maximum Gasteiger partial charge on any atom is 0.265 e. The molecule has 0 saturated carbocycles. The van der Waals surface area contributed by atoms with Crippen molar-refractivity contribution in [1.29, 1.82) is 0 Å². The molecule has 1 aromatic carbocycles. The highest BCUT2D eigenvalue weighted by atomic mass is 32.2. The molecule has 0 atom stereocenters. The normalized spacial score (nSPS) is 11.5. The van der Waals surface area contributed by atoms with Gasteiger partial charge >= 0.3 is 0 Å². The van der Waals surface area contributed by atoms with Gasteiger partial charge in [0.05, 0.1) is 29.6 Å². The number of anilines is 1. The number of aromatic amines is 1. The summed E-state index contributed by atoms with van der Waals surface area (Å²) in [5, 5.41) is 6.36. The fourth-order valence-electron chi connectivity index (χ4n) is 2.00. The maximum atomic E-state index is 12.4. The number of aryl methyl sites for hydroxylation is 1. The molecular weight excluding hydrogens is 290 g/mol. The van der Waals surface area contributed by atoms with E-state index in [9.17, 15) is 8.42 Å². The molecule has 21 heavy (non-hydrogen) atoms. The summed E-state index contributed by atoms with van der Waals surface area (Å²) in [5.74, 6) is 0. The van der Waals surface area contributed by atoms with Crippen LogP contribution in [0.15, 0.2) is 54.1 Å². The number of imidazole rings is 1. The molecule has 0 aliphatic rings. The number of hydrogen-bond donors (Lipinski definition) is 2. The third-order valence-electron chi connectivity index (χ3n) is 3.00. The van der Waals surface area contributed by atoms with E-state index < -0.39 is 10.0 Å². The van der Waals surface area contributed by atoms with Gasteiger partial charge in [0.2, 0.25) is 0 Å². The molecule has 0 aliphatic carbocycles. The summed E-state index contributed by atoms with van der Waals surface area (Å²) in [4.78, 5) is 4.10. The predicted molar refractivity (Wildman–Crippen MR) is 77.7 cm³/mol. The van der Waals surface area contributed by atoms with Gasteiger partial charge in [0.15, 0.2) is 0 Å². The molecular formula is C13H13N5O2S. The van der Waals surface area contributed by atoms with Crippen LogP contribution in [-0.2, 0) is 10.0 Å². The van der Waals surface area contributed by atoms with E-state index in [4.69, 9.17) is 0 Å². The van der Waals surface area contributed by atoms with Crippen LogP contribution < -0.4 is 4.72 Å². The fraction of sp³-hybridized carbons (Fsp3) is 0.0769. The number of hydrogen-bond acceptors (Lipinski definition) is 4. The third-order valence-corrected chi connectivity index (χ3v) is 4.48. The Kier molecular flexibility index (Phi) is 3.22. The lowest BCUT2D eigenvalue weighted by atomic mass is 10.3. The summed E-state index contributed by atoms with van der Waals surface area (Å²) in [6, 6.07) is 7.10. The first-order valence-corrected chi connectivity index (χ1v) is 7.66. The quantitative estimate of drug-likeness (QED) is 0.767. The Labute approximate surface area is 121 Å². The molecule has 0 amide bonds. The average Bonchev–Trinajstić information content (AvgIpc) is 3.10. The Bertz CT molecular complexity index is 852. The smallest absolute Gasteiger partial charge is 0.265 e. The lowest BCUT2D eigenvalue weighted by Crippen LogP contribution is -2.15. The molecule has 108 valence electrons. The number of H-pyrrole nitrogens is 1. The minimum atomic E-state index is -3.69.